The molecule has 0 N–H and O–H groups in total. The molecule has 0 saturated heterocycles. The van der Waals surface area contributed by atoms with E-state index in [1.165, 1.54) is 6.07 Å². The Morgan fingerprint density at radius 3 is 2.69 bits per heavy atom. The lowest BCUT2D eigenvalue weighted by atomic mass is 10.3. The molecule has 0 aliphatic rings. The van der Waals surface area contributed by atoms with E-state index in [9.17, 15) is 13.2 Å². The third kappa shape index (κ3) is 2.63. The molecule has 0 unspecified atom stereocenters. The third-order valence-electron chi connectivity index (χ3n) is 1.13. The Labute approximate surface area is 71.4 Å². The fraction of sp³-hybridized carbons (Fsp3) is 0.143. The van der Waals surface area contributed by atoms with Crippen molar-refractivity contribution in [2.75, 3.05) is 0 Å². The number of hydrogen-bond acceptors (Lipinski definition) is 3. The molecule has 6 heteroatoms. The molecule has 0 saturated carbocycles. The van der Waals surface area contributed by atoms with Crippen LogP contribution in [0.1, 0.15) is 5.56 Å². The molecule has 3 nitrogen and oxygen atoms in total. The van der Waals surface area contributed by atoms with Crippen LogP contribution in [-0.4, -0.2) is 11.3 Å². The van der Waals surface area contributed by atoms with Gasteiger partial charge in [0.2, 0.25) is 0 Å². The molecular formula is C7H3F3N2O. The minimum absolute atomic E-state index is 0.250. The molecule has 0 atom stereocenters. The summed E-state index contributed by atoms with van der Waals surface area (Å²) in [5.41, 5.74) is -0.250. The Morgan fingerprint density at radius 2 is 2.15 bits per heavy atom. The van der Waals surface area contributed by atoms with Crippen molar-refractivity contribution in [2.45, 2.75) is 6.36 Å². The van der Waals surface area contributed by atoms with Crippen LogP contribution in [0.3, 0.4) is 0 Å². The molecule has 0 aliphatic carbocycles. The van der Waals surface area contributed by atoms with Gasteiger partial charge < -0.3 is 4.74 Å². The summed E-state index contributed by atoms with van der Waals surface area (Å²) in [7, 11) is 0. The zero-order valence-electron chi connectivity index (χ0n) is 6.17. The highest BCUT2D eigenvalue weighted by Crippen LogP contribution is 2.24. The van der Waals surface area contributed by atoms with Gasteiger partial charge in [-0.05, 0) is 0 Å². The Kier molecular flexibility index (Phi) is 2.37. The quantitative estimate of drug-likeness (QED) is 0.675. The Morgan fingerprint density at radius 1 is 1.46 bits per heavy atom. The molecule has 68 valence electrons. The predicted octanol–water partition coefficient (Wildman–Crippen LogP) is 1.85. The normalized spacial score (nSPS) is 10.6. The number of hydrogen-bond donors (Lipinski definition) is 0. The summed E-state index contributed by atoms with van der Waals surface area (Å²) in [4.78, 5) is 3.48. The Bertz CT molecular complexity index is 342. The summed E-state index contributed by atoms with van der Waals surface area (Å²) >= 11 is 0. The molecule has 0 amide bonds. The minimum atomic E-state index is -4.78. The second-order valence-electron chi connectivity index (χ2n) is 2.03. The maximum absolute atomic E-state index is 11.7. The van der Waals surface area contributed by atoms with Gasteiger partial charge in [-0.1, -0.05) is 0 Å². The second kappa shape index (κ2) is 3.31. The molecule has 1 heterocycles. The van der Waals surface area contributed by atoms with Crippen LogP contribution in [0, 0.1) is 11.3 Å². The van der Waals surface area contributed by atoms with Gasteiger partial charge in [0.15, 0.2) is 0 Å². The average Bonchev–Trinajstić information content (AvgIpc) is 2.02. The average molecular weight is 188 g/mol. The molecule has 1 aromatic rings. The zero-order valence-corrected chi connectivity index (χ0v) is 6.17. The molecule has 0 aliphatic heterocycles. The first-order chi connectivity index (χ1) is 6.03. The van der Waals surface area contributed by atoms with Gasteiger partial charge >= 0.3 is 6.36 Å². The van der Waals surface area contributed by atoms with Crippen molar-refractivity contribution in [3.05, 3.63) is 24.0 Å². The van der Waals surface area contributed by atoms with Crippen molar-refractivity contribution in [1.29, 1.82) is 5.26 Å². The fourth-order valence-electron chi connectivity index (χ4n) is 0.679. The van der Waals surface area contributed by atoms with Crippen LogP contribution in [0.2, 0.25) is 0 Å². The van der Waals surface area contributed by atoms with Gasteiger partial charge in [-0.25, -0.2) is 0 Å². The van der Waals surface area contributed by atoms with Gasteiger partial charge in [0.25, 0.3) is 0 Å². The van der Waals surface area contributed by atoms with Crippen molar-refractivity contribution < 1.29 is 17.9 Å². The van der Waals surface area contributed by atoms with Gasteiger partial charge in [0, 0.05) is 18.5 Å². The van der Waals surface area contributed by atoms with E-state index in [1.807, 2.05) is 0 Å². The topological polar surface area (TPSA) is 45.9 Å². The molecular weight excluding hydrogens is 185 g/mol. The Balaban J connectivity index is 2.96. The number of nitriles is 1. The largest absolute Gasteiger partial charge is 0.573 e. The summed E-state index contributed by atoms with van der Waals surface area (Å²) in [6, 6.07) is 2.51. The lowest BCUT2D eigenvalue weighted by Crippen LogP contribution is -2.17. The number of halogens is 3. The van der Waals surface area contributed by atoms with E-state index in [4.69, 9.17) is 5.26 Å². The maximum Gasteiger partial charge on any atom is 0.573 e. The smallest absolute Gasteiger partial charge is 0.404 e. The lowest BCUT2D eigenvalue weighted by Gasteiger charge is -2.08. The van der Waals surface area contributed by atoms with Crippen LogP contribution >= 0.6 is 0 Å². The first kappa shape index (κ1) is 9.32. The van der Waals surface area contributed by atoms with E-state index in [-0.39, 0.29) is 5.56 Å². The second-order valence-corrected chi connectivity index (χ2v) is 2.03. The van der Waals surface area contributed by atoms with E-state index in [2.05, 4.69) is 9.72 Å². The monoisotopic (exact) mass is 188 g/mol. The molecule has 0 bridgehead atoms. The summed E-state index contributed by atoms with van der Waals surface area (Å²) < 4.78 is 38.7. The molecule has 13 heavy (non-hydrogen) atoms. The van der Waals surface area contributed by atoms with Crippen LogP contribution in [0.25, 0.3) is 0 Å². The first-order valence-electron chi connectivity index (χ1n) is 3.13. The van der Waals surface area contributed by atoms with Crippen LogP contribution in [0.15, 0.2) is 18.5 Å². The van der Waals surface area contributed by atoms with Crippen molar-refractivity contribution in [3.63, 3.8) is 0 Å². The standard InChI is InChI=1S/C7H3F3N2O/c8-7(9,10)13-6-1-2-12-4-5(6)3-11/h1-2,4H. The molecule has 0 radical (unpaired) electrons. The van der Waals surface area contributed by atoms with Crippen molar-refractivity contribution in [2.24, 2.45) is 0 Å². The summed E-state index contributed by atoms with van der Waals surface area (Å²) in [5.74, 6) is -0.537. The van der Waals surface area contributed by atoms with E-state index < -0.39 is 12.1 Å². The van der Waals surface area contributed by atoms with Crippen LogP contribution < -0.4 is 4.74 Å². The van der Waals surface area contributed by atoms with Crippen LogP contribution in [0.4, 0.5) is 13.2 Å². The van der Waals surface area contributed by atoms with E-state index in [1.54, 1.807) is 0 Å². The molecule has 0 spiro atoms. The lowest BCUT2D eigenvalue weighted by molar-refractivity contribution is -0.274. The van der Waals surface area contributed by atoms with Gasteiger partial charge in [-0.15, -0.1) is 13.2 Å². The van der Waals surface area contributed by atoms with Crippen molar-refractivity contribution in [1.82, 2.24) is 4.98 Å². The molecule has 1 rings (SSSR count). The van der Waals surface area contributed by atoms with Crippen molar-refractivity contribution >= 4 is 0 Å². The van der Waals surface area contributed by atoms with Gasteiger partial charge in [-0.2, -0.15) is 5.26 Å². The first-order valence-corrected chi connectivity index (χ1v) is 3.13. The predicted molar refractivity (Wildman–Crippen MR) is 35.6 cm³/mol. The van der Waals surface area contributed by atoms with E-state index in [0.29, 0.717) is 0 Å². The third-order valence-corrected chi connectivity index (χ3v) is 1.13. The van der Waals surface area contributed by atoms with Gasteiger partial charge in [0.1, 0.15) is 17.4 Å². The van der Waals surface area contributed by atoms with E-state index >= 15 is 0 Å². The van der Waals surface area contributed by atoms with E-state index in [0.717, 1.165) is 18.5 Å². The summed E-state index contributed by atoms with van der Waals surface area (Å²) in [6.45, 7) is 0. The van der Waals surface area contributed by atoms with Crippen LogP contribution in [-0.2, 0) is 0 Å². The number of nitrogens with zero attached hydrogens (tertiary/aromatic N) is 2. The summed E-state index contributed by atoms with van der Waals surface area (Å²) in [6.07, 6.45) is -2.67. The van der Waals surface area contributed by atoms with Crippen LogP contribution in [0.5, 0.6) is 5.75 Å². The molecule has 0 aromatic carbocycles. The maximum atomic E-state index is 11.7. The number of pyridine rings is 1. The Hall–Kier alpha value is -1.77. The minimum Gasteiger partial charge on any atom is -0.404 e. The highest BCUT2D eigenvalue weighted by Gasteiger charge is 2.32. The van der Waals surface area contributed by atoms with Gasteiger partial charge in [-0.3, -0.25) is 4.98 Å². The number of alkyl halides is 3. The summed E-state index contributed by atoms with van der Waals surface area (Å²) in [5, 5.41) is 8.38. The van der Waals surface area contributed by atoms with Crippen molar-refractivity contribution in [3.8, 4) is 11.8 Å². The SMILES string of the molecule is N#Cc1cnccc1OC(F)(F)F. The number of aromatic nitrogens is 1. The number of ether oxygens (including phenoxy) is 1. The number of rotatable bonds is 1. The van der Waals surface area contributed by atoms with Gasteiger partial charge in [0.05, 0.1) is 0 Å². The molecule has 1 aromatic heterocycles. The highest BCUT2D eigenvalue weighted by molar-refractivity contribution is 5.40. The fourth-order valence-corrected chi connectivity index (χ4v) is 0.679. The molecule has 0 fully saturated rings. The highest BCUT2D eigenvalue weighted by atomic mass is 19.4. The zero-order chi connectivity index (χ0) is 9.90.